The van der Waals surface area contributed by atoms with Crippen molar-refractivity contribution in [1.29, 1.82) is 0 Å². The number of halogens is 1. The number of hydrogen-bond acceptors (Lipinski definition) is 3. The quantitative estimate of drug-likeness (QED) is 0.783. The second kappa shape index (κ2) is 8.13. The number of carbonyl (C=O) groups excluding carboxylic acids is 1. The van der Waals surface area contributed by atoms with Crippen molar-refractivity contribution in [3.8, 4) is 5.75 Å². The third kappa shape index (κ3) is 4.69. The van der Waals surface area contributed by atoms with Crippen LogP contribution in [-0.2, 0) is 0 Å². The maximum absolute atomic E-state index is 12.5. The first-order chi connectivity index (χ1) is 11.4. The first-order valence-electron chi connectivity index (χ1n) is 7.51. The Labute approximate surface area is 152 Å². The van der Waals surface area contributed by atoms with Crippen molar-refractivity contribution in [3.05, 3.63) is 58.6 Å². The molecule has 1 amide bonds. The molecule has 0 spiro atoms. The molecule has 0 aliphatic rings. The van der Waals surface area contributed by atoms with E-state index in [1.165, 1.54) is 0 Å². The Hall–Kier alpha value is -2.11. The van der Waals surface area contributed by atoms with Crippen molar-refractivity contribution in [2.24, 2.45) is 0 Å². The minimum atomic E-state index is -0.330. The molecule has 126 valence electrons. The SMILES string of the molecule is Cc1c(Cl)cccc1NC(=S)NC(=O)c1ccccc1OC(C)C. The number of rotatable bonds is 4. The van der Waals surface area contributed by atoms with Gasteiger partial charge in [-0.2, -0.15) is 0 Å². The van der Waals surface area contributed by atoms with Crippen LogP contribution in [-0.4, -0.2) is 17.1 Å². The third-order valence-corrected chi connectivity index (χ3v) is 3.85. The molecule has 0 bridgehead atoms. The molecule has 0 saturated carbocycles. The molecule has 0 atom stereocenters. The van der Waals surface area contributed by atoms with E-state index in [0.717, 1.165) is 11.3 Å². The Morgan fingerprint density at radius 2 is 1.88 bits per heavy atom. The molecule has 0 aliphatic heterocycles. The summed E-state index contributed by atoms with van der Waals surface area (Å²) >= 11 is 11.3. The van der Waals surface area contributed by atoms with Crippen molar-refractivity contribution in [1.82, 2.24) is 5.32 Å². The van der Waals surface area contributed by atoms with E-state index in [1.807, 2.05) is 39.0 Å². The summed E-state index contributed by atoms with van der Waals surface area (Å²) < 4.78 is 5.66. The van der Waals surface area contributed by atoms with Crippen molar-refractivity contribution < 1.29 is 9.53 Å². The fourth-order valence-electron chi connectivity index (χ4n) is 2.08. The molecule has 2 rings (SSSR count). The van der Waals surface area contributed by atoms with E-state index in [0.29, 0.717) is 16.3 Å². The zero-order valence-electron chi connectivity index (χ0n) is 13.7. The topological polar surface area (TPSA) is 50.4 Å². The summed E-state index contributed by atoms with van der Waals surface area (Å²) in [5.41, 5.74) is 2.04. The molecular formula is C18H19ClN2O2S. The summed E-state index contributed by atoms with van der Waals surface area (Å²) in [6, 6.07) is 12.5. The van der Waals surface area contributed by atoms with E-state index in [9.17, 15) is 4.79 Å². The molecule has 0 saturated heterocycles. The van der Waals surface area contributed by atoms with Gasteiger partial charge in [0, 0.05) is 10.7 Å². The lowest BCUT2D eigenvalue weighted by molar-refractivity contribution is 0.0972. The highest BCUT2D eigenvalue weighted by Crippen LogP contribution is 2.23. The molecule has 0 aliphatic carbocycles. The van der Waals surface area contributed by atoms with Crippen LogP contribution < -0.4 is 15.4 Å². The van der Waals surface area contributed by atoms with E-state index in [-0.39, 0.29) is 17.1 Å². The average molecular weight is 363 g/mol. The van der Waals surface area contributed by atoms with Gasteiger partial charge in [0.2, 0.25) is 0 Å². The van der Waals surface area contributed by atoms with Gasteiger partial charge in [-0.3, -0.25) is 10.1 Å². The van der Waals surface area contributed by atoms with Crippen LogP contribution in [0.3, 0.4) is 0 Å². The molecule has 4 nitrogen and oxygen atoms in total. The van der Waals surface area contributed by atoms with Crippen LogP contribution in [0.25, 0.3) is 0 Å². The predicted molar refractivity (Wildman–Crippen MR) is 102 cm³/mol. The van der Waals surface area contributed by atoms with Crippen LogP contribution in [0.2, 0.25) is 5.02 Å². The maximum Gasteiger partial charge on any atom is 0.261 e. The van der Waals surface area contributed by atoms with E-state index < -0.39 is 0 Å². The maximum atomic E-state index is 12.5. The van der Waals surface area contributed by atoms with Gasteiger partial charge in [0.1, 0.15) is 5.75 Å². The Bertz CT molecular complexity index is 762. The lowest BCUT2D eigenvalue weighted by Gasteiger charge is -2.15. The molecule has 2 N–H and O–H groups in total. The Morgan fingerprint density at radius 1 is 1.17 bits per heavy atom. The van der Waals surface area contributed by atoms with Crippen molar-refractivity contribution in [2.75, 3.05) is 5.32 Å². The number of thiocarbonyl (C=S) groups is 1. The van der Waals surface area contributed by atoms with Gasteiger partial charge in [0.25, 0.3) is 5.91 Å². The van der Waals surface area contributed by atoms with Crippen LogP contribution in [0, 0.1) is 6.92 Å². The van der Waals surface area contributed by atoms with Gasteiger partial charge in [0.15, 0.2) is 5.11 Å². The molecule has 6 heteroatoms. The lowest BCUT2D eigenvalue weighted by Crippen LogP contribution is -2.34. The summed E-state index contributed by atoms with van der Waals surface area (Å²) in [6.07, 6.45) is -0.0295. The summed E-state index contributed by atoms with van der Waals surface area (Å²) in [4.78, 5) is 12.5. The molecule has 0 radical (unpaired) electrons. The van der Waals surface area contributed by atoms with Gasteiger partial charge in [-0.15, -0.1) is 0 Å². The normalized spacial score (nSPS) is 10.4. The molecule has 24 heavy (non-hydrogen) atoms. The lowest BCUT2D eigenvalue weighted by atomic mass is 10.2. The number of para-hydroxylation sites is 1. The van der Waals surface area contributed by atoms with Crippen molar-refractivity contribution >= 4 is 40.5 Å². The van der Waals surface area contributed by atoms with Gasteiger partial charge < -0.3 is 10.1 Å². The minimum absolute atomic E-state index is 0.0295. The zero-order chi connectivity index (χ0) is 17.7. The molecule has 0 aromatic heterocycles. The molecule has 0 unspecified atom stereocenters. The van der Waals surface area contributed by atoms with Gasteiger partial charge >= 0.3 is 0 Å². The Kier molecular flexibility index (Phi) is 6.17. The zero-order valence-corrected chi connectivity index (χ0v) is 15.3. The van der Waals surface area contributed by atoms with Crippen molar-refractivity contribution in [3.63, 3.8) is 0 Å². The minimum Gasteiger partial charge on any atom is -0.490 e. The highest BCUT2D eigenvalue weighted by Gasteiger charge is 2.15. The molecular weight excluding hydrogens is 344 g/mol. The van der Waals surface area contributed by atoms with E-state index in [4.69, 9.17) is 28.6 Å². The number of carbonyl (C=O) groups is 1. The number of anilines is 1. The molecule has 2 aromatic carbocycles. The van der Waals surface area contributed by atoms with Crippen LogP contribution in [0.15, 0.2) is 42.5 Å². The van der Waals surface area contributed by atoms with Crippen LogP contribution in [0.5, 0.6) is 5.75 Å². The smallest absolute Gasteiger partial charge is 0.261 e. The standard InChI is InChI=1S/C18H19ClN2O2S/c1-11(2)23-16-10-5-4-7-13(16)17(22)21-18(24)20-15-9-6-8-14(19)12(15)3/h4-11H,1-3H3,(H2,20,21,22,24). The second-order valence-electron chi connectivity index (χ2n) is 5.48. The van der Waals surface area contributed by atoms with E-state index in [1.54, 1.807) is 24.3 Å². The van der Waals surface area contributed by atoms with Gasteiger partial charge in [-0.1, -0.05) is 29.8 Å². The average Bonchev–Trinajstić information content (AvgIpc) is 2.51. The number of benzene rings is 2. The molecule has 2 aromatic rings. The van der Waals surface area contributed by atoms with Gasteiger partial charge in [-0.25, -0.2) is 0 Å². The fraction of sp³-hybridized carbons (Fsp3) is 0.222. The third-order valence-electron chi connectivity index (χ3n) is 3.24. The number of nitrogens with one attached hydrogen (secondary N) is 2. The van der Waals surface area contributed by atoms with Crippen LogP contribution in [0.4, 0.5) is 5.69 Å². The van der Waals surface area contributed by atoms with Crippen LogP contribution in [0.1, 0.15) is 29.8 Å². The Balaban J connectivity index is 2.10. The highest BCUT2D eigenvalue weighted by atomic mass is 35.5. The van der Waals surface area contributed by atoms with E-state index in [2.05, 4.69) is 10.6 Å². The summed E-state index contributed by atoms with van der Waals surface area (Å²) in [7, 11) is 0. The monoisotopic (exact) mass is 362 g/mol. The summed E-state index contributed by atoms with van der Waals surface area (Å²) in [5, 5.41) is 6.48. The number of ether oxygens (including phenoxy) is 1. The van der Waals surface area contributed by atoms with Gasteiger partial charge in [0.05, 0.1) is 11.7 Å². The molecule has 0 fully saturated rings. The van der Waals surface area contributed by atoms with E-state index >= 15 is 0 Å². The largest absolute Gasteiger partial charge is 0.490 e. The predicted octanol–water partition coefficient (Wildman–Crippen LogP) is 4.56. The second-order valence-corrected chi connectivity index (χ2v) is 6.30. The first kappa shape index (κ1) is 18.2. The van der Waals surface area contributed by atoms with Gasteiger partial charge in [-0.05, 0) is 62.8 Å². The highest BCUT2D eigenvalue weighted by molar-refractivity contribution is 7.80. The van der Waals surface area contributed by atoms with Crippen molar-refractivity contribution in [2.45, 2.75) is 26.9 Å². The summed E-state index contributed by atoms with van der Waals surface area (Å²) in [5.74, 6) is 0.190. The first-order valence-corrected chi connectivity index (χ1v) is 8.30. The number of hydrogen-bond donors (Lipinski definition) is 2. The Morgan fingerprint density at radius 3 is 2.58 bits per heavy atom. The van der Waals surface area contributed by atoms with Crippen LogP contribution >= 0.6 is 23.8 Å². The molecule has 0 heterocycles. The number of amides is 1. The summed E-state index contributed by atoms with van der Waals surface area (Å²) in [6.45, 7) is 5.69. The fourth-order valence-corrected chi connectivity index (χ4v) is 2.46.